The van der Waals surface area contributed by atoms with Gasteiger partial charge in [0.15, 0.2) is 5.82 Å². The molecule has 1 aromatic carbocycles. The van der Waals surface area contributed by atoms with Gasteiger partial charge in [0.05, 0.1) is 5.71 Å². The van der Waals surface area contributed by atoms with Gasteiger partial charge in [0.25, 0.3) is 0 Å². The van der Waals surface area contributed by atoms with Gasteiger partial charge < -0.3 is 15.1 Å². The summed E-state index contributed by atoms with van der Waals surface area (Å²) in [6.45, 7) is 6.03. The van der Waals surface area contributed by atoms with Crippen LogP contribution in [0.5, 0.6) is 0 Å². The summed E-state index contributed by atoms with van der Waals surface area (Å²) in [6.07, 6.45) is 3.54. The van der Waals surface area contributed by atoms with Crippen LogP contribution in [0.2, 0.25) is 0 Å². The first-order chi connectivity index (χ1) is 11.3. The van der Waals surface area contributed by atoms with Crippen LogP contribution < -0.4 is 10.2 Å². The zero-order chi connectivity index (χ0) is 16.1. The molecule has 0 saturated carbocycles. The number of anilines is 1. The van der Waals surface area contributed by atoms with Crippen LogP contribution in [-0.2, 0) is 4.84 Å². The van der Waals surface area contributed by atoms with Crippen LogP contribution >= 0.6 is 0 Å². The zero-order valence-corrected chi connectivity index (χ0v) is 13.5. The minimum atomic E-state index is 0.714. The van der Waals surface area contributed by atoms with E-state index >= 15 is 0 Å². The number of nitrogens with zero attached hydrogens (tertiary/aromatic N) is 4. The van der Waals surface area contributed by atoms with Crippen LogP contribution in [0.15, 0.2) is 41.8 Å². The standard InChI is InChI=1S/C17H21N5O/c1-13(21-23-2)15-11-19-17(20-12-15)14-3-5-16(6-4-14)22-9-7-18-8-10-22/h3-6,11-12,18H,7-10H2,1-2H3. The van der Waals surface area contributed by atoms with Crippen LogP contribution in [0.25, 0.3) is 11.4 Å². The maximum absolute atomic E-state index is 4.77. The summed E-state index contributed by atoms with van der Waals surface area (Å²) >= 11 is 0. The quantitative estimate of drug-likeness (QED) is 0.690. The lowest BCUT2D eigenvalue weighted by Gasteiger charge is -2.29. The fourth-order valence-corrected chi connectivity index (χ4v) is 2.60. The fraction of sp³-hybridized carbons (Fsp3) is 0.353. The lowest BCUT2D eigenvalue weighted by molar-refractivity contribution is 0.213. The third-order valence-electron chi connectivity index (χ3n) is 3.91. The maximum atomic E-state index is 4.77. The molecular weight excluding hydrogens is 290 g/mol. The highest BCUT2D eigenvalue weighted by atomic mass is 16.6. The van der Waals surface area contributed by atoms with E-state index in [0.717, 1.165) is 43.0 Å². The predicted octanol–water partition coefficient (Wildman–Crippen LogP) is 1.92. The first-order valence-corrected chi connectivity index (χ1v) is 7.74. The molecule has 0 atom stereocenters. The Bertz CT molecular complexity index is 660. The van der Waals surface area contributed by atoms with Crippen LogP contribution in [-0.4, -0.2) is 49.0 Å². The topological polar surface area (TPSA) is 62.6 Å². The van der Waals surface area contributed by atoms with E-state index in [9.17, 15) is 0 Å². The summed E-state index contributed by atoms with van der Waals surface area (Å²) in [5.41, 5.74) is 3.87. The minimum Gasteiger partial charge on any atom is -0.399 e. The van der Waals surface area contributed by atoms with Gasteiger partial charge in [-0.2, -0.15) is 0 Å². The van der Waals surface area contributed by atoms with Crippen LogP contribution in [0.1, 0.15) is 12.5 Å². The molecule has 1 aliphatic heterocycles. The summed E-state index contributed by atoms with van der Waals surface area (Å²) in [6, 6.07) is 8.41. The molecule has 1 aromatic heterocycles. The Labute approximate surface area is 136 Å². The Morgan fingerprint density at radius 3 is 2.39 bits per heavy atom. The van der Waals surface area contributed by atoms with Crippen molar-refractivity contribution in [3.05, 3.63) is 42.2 Å². The van der Waals surface area contributed by atoms with Gasteiger partial charge in [-0.15, -0.1) is 0 Å². The summed E-state index contributed by atoms with van der Waals surface area (Å²) in [7, 11) is 1.53. The van der Waals surface area contributed by atoms with E-state index in [-0.39, 0.29) is 0 Å². The van der Waals surface area contributed by atoms with Gasteiger partial charge >= 0.3 is 0 Å². The molecular formula is C17H21N5O. The molecule has 6 heteroatoms. The summed E-state index contributed by atoms with van der Waals surface area (Å²) in [5.74, 6) is 0.714. The Morgan fingerprint density at radius 2 is 1.78 bits per heavy atom. The molecule has 120 valence electrons. The summed E-state index contributed by atoms with van der Waals surface area (Å²) in [4.78, 5) is 16.0. The number of piperazine rings is 1. The molecule has 1 N–H and O–H groups in total. The van der Waals surface area contributed by atoms with Gasteiger partial charge in [-0.3, -0.25) is 0 Å². The van der Waals surface area contributed by atoms with Crippen molar-refractivity contribution in [2.75, 3.05) is 38.2 Å². The van der Waals surface area contributed by atoms with Crippen molar-refractivity contribution in [2.45, 2.75) is 6.92 Å². The normalized spacial score (nSPS) is 15.6. The second kappa shape index (κ2) is 7.19. The van der Waals surface area contributed by atoms with Gasteiger partial charge in [-0.1, -0.05) is 5.16 Å². The van der Waals surface area contributed by atoms with Crippen LogP contribution in [0.4, 0.5) is 5.69 Å². The minimum absolute atomic E-state index is 0.714. The molecule has 0 amide bonds. The lowest BCUT2D eigenvalue weighted by Crippen LogP contribution is -2.43. The molecule has 0 aliphatic carbocycles. The molecule has 2 heterocycles. The van der Waals surface area contributed by atoms with Gasteiger partial charge in [0.1, 0.15) is 7.11 Å². The smallest absolute Gasteiger partial charge is 0.159 e. The fourth-order valence-electron chi connectivity index (χ4n) is 2.60. The Kier molecular flexibility index (Phi) is 4.83. The molecule has 0 unspecified atom stereocenters. The Morgan fingerprint density at radius 1 is 1.13 bits per heavy atom. The Hall–Kier alpha value is -2.47. The van der Waals surface area contributed by atoms with Crippen molar-refractivity contribution in [1.29, 1.82) is 0 Å². The van der Waals surface area contributed by atoms with E-state index in [1.54, 1.807) is 12.4 Å². The van der Waals surface area contributed by atoms with Crippen molar-refractivity contribution < 1.29 is 4.84 Å². The molecule has 3 rings (SSSR count). The summed E-state index contributed by atoms with van der Waals surface area (Å²) in [5, 5.41) is 7.25. The van der Waals surface area contributed by atoms with E-state index in [1.807, 2.05) is 6.92 Å². The SMILES string of the molecule is CON=C(C)c1cnc(-c2ccc(N3CCNCC3)cc2)nc1. The van der Waals surface area contributed by atoms with E-state index in [4.69, 9.17) is 4.84 Å². The Balaban J connectivity index is 1.75. The van der Waals surface area contributed by atoms with Crippen LogP contribution in [0, 0.1) is 0 Å². The predicted molar refractivity (Wildman–Crippen MR) is 91.8 cm³/mol. The third kappa shape index (κ3) is 3.65. The molecule has 1 fully saturated rings. The van der Waals surface area contributed by atoms with Gasteiger partial charge in [0.2, 0.25) is 0 Å². The van der Waals surface area contributed by atoms with Crippen LogP contribution in [0.3, 0.4) is 0 Å². The number of rotatable bonds is 4. The number of hydrogen-bond donors (Lipinski definition) is 1. The van der Waals surface area contributed by atoms with Crippen molar-refractivity contribution in [2.24, 2.45) is 5.16 Å². The number of nitrogens with one attached hydrogen (secondary N) is 1. The highest BCUT2D eigenvalue weighted by Gasteiger charge is 2.10. The molecule has 23 heavy (non-hydrogen) atoms. The monoisotopic (exact) mass is 311 g/mol. The van der Waals surface area contributed by atoms with Crippen molar-refractivity contribution >= 4 is 11.4 Å². The number of aromatic nitrogens is 2. The van der Waals surface area contributed by atoms with E-state index in [2.05, 4.69) is 49.6 Å². The maximum Gasteiger partial charge on any atom is 0.159 e. The van der Waals surface area contributed by atoms with Gasteiger partial charge in [-0.05, 0) is 31.2 Å². The third-order valence-corrected chi connectivity index (χ3v) is 3.91. The molecule has 2 aromatic rings. The van der Waals surface area contributed by atoms with Crippen molar-refractivity contribution in [3.8, 4) is 11.4 Å². The molecule has 0 radical (unpaired) electrons. The molecule has 0 bridgehead atoms. The van der Waals surface area contributed by atoms with Gasteiger partial charge in [-0.25, -0.2) is 9.97 Å². The number of benzene rings is 1. The lowest BCUT2D eigenvalue weighted by atomic mass is 10.1. The average Bonchev–Trinajstić information content (AvgIpc) is 2.63. The molecule has 1 saturated heterocycles. The summed E-state index contributed by atoms with van der Waals surface area (Å²) < 4.78 is 0. The van der Waals surface area contributed by atoms with E-state index in [0.29, 0.717) is 5.82 Å². The van der Waals surface area contributed by atoms with E-state index in [1.165, 1.54) is 12.8 Å². The van der Waals surface area contributed by atoms with Crippen molar-refractivity contribution in [3.63, 3.8) is 0 Å². The molecule has 6 nitrogen and oxygen atoms in total. The highest BCUT2D eigenvalue weighted by Crippen LogP contribution is 2.21. The first-order valence-electron chi connectivity index (χ1n) is 7.74. The zero-order valence-electron chi connectivity index (χ0n) is 13.5. The molecule has 0 spiro atoms. The second-order valence-corrected chi connectivity index (χ2v) is 5.44. The average molecular weight is 311 g/mol. The van der Waals surface area contributed by atoms with Crippen molar-refractivity contribution in [1.82, 2.24) is 15.3 Å². The van der Waals surface area contributed by atoms with E-state index < -0.39 is 0 Å². The second-order valence-electron chi connectivity index (χ2n) is 5.44. The van der Waals surface area contributed by atoms with Gasteiger partial charge in [0, 0.05) is 55.4 Å². The highest BCUT2D eigenvalue weighted by molar-refractivity contribution is 5.97. The number of oxime groups is 1. The first kappa shape index (κ1) is 15.4. The number of hydrogen-bond acceptors (Lipinski definition) is 6. The largest absolute Gasteiger partial charge is 0.399 e. The molecule has 1 aliphatic rings.